The predicted octanol–water partition coefficient (Wildman–Crippen LogP) is 3.18. The fraction of sp³-hybridized carbons (Fsp3) is 0.294. The summed E-state index contributed by atoms with van der Waals surface area (Å²) in [5.74, 6) is 1.50. The van der Waals surface area contributed by atoms with E-state index in [0.29, 0.717) is 11.5 Å². The normalized spacial score (nSPS) is 16.3. The Morgan fingerprint density at radius 2 is 2.09 bits per heavy atom. The lowest BCUT2D eigenvalue weighted by Crippen LogP contribution is -2.38. The van der Waals surface area contributed by atoms with Crippen LogP contribution in [0, 0.1) is 0 Å². The molecule has 5 nitrogen and oxygen atoms in total. The lowest BCUT2D eigenvalue weighted by molar-refractivity contribution is 0.0712. The molecule has 1 aromatic carbocycles. The third-order valence-corrected chi connectivity index (χ3v) is 4.40. The molecule has 0 saturated carbocycles. The van der Waals surface area contributed by atoms with Crippen LogP contribution in [0.15, 0.2) is 47.3 Å². The number of aromatic nitrogens is 2. The van der Waals surface area contributed by atoms with Crippen molar-refractivity contribution in [1.29, 1.82) is 0 Å². The van der Waals surface area contributed by atoms with Crippen molar-refractivity contribution in [2.75, 3.05) is 13.1 Å². The number of rotatable bonds is 2. The molecule has 0 radical (unpaired) electrons. The number of carbonyl (C=O) groups excluding carboxylic acids is 1. The van der Waals surface area contributed by atoms with Gasteiger partial charge in [0.1, 0.15) is 17.7 Å². The van der Waals surface area contributed by atoms with E-state index in [0.717, 1.165) is 42.7 Å². The fourth-order valence-corrected chi connectivity index (χ4v) is 3.17. The van der Waals surface area contributed by atoms with Crippen molar-refractivity contribution in [2.24, 2.45) is 0 Å². The molecular weight excluding hydrogens is 278 g/mol. The molecule has 1 fully saturated rings. The number of nitrogens with one attached hydrogen (secondary N) is 1. The van der Waals surface area contributed by atoms with Crippen molar-refractivity contribution < 1.29 is 9.21 Å². The van der Waals surface area contributed by atoms with Gasteiger partial charge in [0.15, 0.2) is 0 Å². The molecule has 112 valence electrons. The van der Waals surface area contributed by atoms with Crippen molar-refractivity contribution >= 4 is 16.9 Å². The molecule has 1 aliphatic heterocycles. The number of hydrogen-bond donors (Lipinski definition) is 1. The molecular formula is C17H17N3O2. The van der Waals surface area contributed by atoms with Gasteiger partial charge >= 0.3 is 0 Å². The van der Waals surface area contributed by atoms with E-state index in [1.807, 2.05) is 35.4 Å². The highest BCUT2D eigenvalue weighted by molar-refractivity contribution is 6.05. The number of aromatic amines is 1. The molecule has 0 bridgehead atoms. The maximum absolute atomic E-state index is 12.7. The first-order valence-corrected chi connectivity index (χ1v) is 7.58. The van der Waals surface area contributed by atoms with E-state index in [9.17, 15) is 4.79 Å². The van der Waals surface area contributed by atoms with Gasteiger partial charge in [0.25, 0.3) is 5.91 Å². The summed E-state index contributed by atoms with van der Waals surface area (Å²) in [6.45, 7) is 1.51. The summed E-state index contributed by atoms with van der Waals surface area (Å²) in [6.07, 6.45) is 7.09. The van der Waals surface area contributed by atoms with Crippen LogP contribution in [-0.4, -0.2) is 33.9 Å². The zero-order chi connectivity index (χ0) is 14.9. The molecule has 3 heterocycles. The van der Waals surface area contributed by atoms with Crippen molar-refractivity contribution in [3.63, 3.8) is 0 Å². The van der Waals surface area contributed by atoms with Gasteiger partial charge in [0, 0.05) is 36.8 Å². The highest BCUT2D eigenvalue weighted by Crippen LogP contribution is 2.28. The van der Waals surface area contributed by atoms with Crippen LogP contribution in [0.1, 0.15) is 34.9 Å². The quantitative estimate of drug-likeness (QED) is 0.790. The van der Waals surface area contributed by atoms with Gasteiger partial charge in [0.05, 0.1) is 5.56 Å². The first-order chi connectivity index (χ1) is 10.8. The van der Waals surface area contributed by atoms with Gasteiger partial charge in [-0.25, -0.2) is 4.98 Å². The minimum absolute atomic E-state index is 0.0582. The molecule has 5 heteroatoms. The van der Waals surface area contributed by atoms with E-state index in [4.69, 9.17) is 4.42 Å². The van der Waals surface area contributed by atoms with Crippen LogP contribution >= 0.6 is 0 Å². The molecule has 0 aliphatic carbocycles. The Bertz CT molecular complexity index is 783. The Labute approximate surface area is 127 Å². The zero-order valence-electron chi connectivity index (χ0n) is 12.2. The van der Waals surface area contributed by atoms with Gasteiger partial charge in [-0.2, -0.15) is 0 Å². The molecule has 1 amide bonds. The predicted molar refractivity (Wildman–Crippen MR) is 82.7 cm³/mol. The summed E-state index contributed by atoms with van der Waals surface area (Å²) in [5.41, 5.74) is 1.42. The lowest BCUT2D eigenvalue weighted by atomic mass is 9.95. The van der Waals surface area contributed by atoms with Crippen LogP contribution in [0.25, 0.3) is 11.0 Å². The van der Waals surface area contributed by atoms with E-state index in [2.05, 4.69) is 9.97 Å². The third kappa shape index (κ3) is 2.19. The molecule has 4 rings (SSSR count). The summed E-state index contributed by atoms with van der Waals surface area (Å²) in [6, 6.07) is 7.66. The number of hydrogen-bond acceptors (Lipinski definition) is 3. The number of fused-ring (bicyclic) bond motifs is 1. The first kappa shape index (κ1) is 13.1. The van der Waals surface area contributed by atoms with Gasteiger partial charge in [-0.1, -0.05) is 18.2 Å². The molecule has 0 unspecified atom stereocenters. The van der Waals surface area contributed by atoms with E-state index in [1.165, 1.54) is 0 Å². The highest BCUT2D eigenvalue weighted by Gasteiger charge is 2.27. The smallest absolute Gasteiger partial charge is 0.257 e. The fourth-order valence-electron chi connectivity index (χ4n) is 3.17. The van der Waals surface area contributed by atoms with Crippen LogP contribution in [0.3, 0.4) is 0 Å². The molecule has 2 aromatic heterocycles. The summed E-state index contributed by atoms with van der Waals surface area (Å²) in [5, 5.41) is 0.889. The van der Waals surface area contributed by atoms with Crippen molar-refractivity contribution in [3.05, 3.63) is 54.3 Å². The largest absolute Gasteiger partial charge is 0.463 e. The number of amides is 1. The summed E-state index contributed by atoms with van der Waals surface area (Å²) >= 11 is 0. The number of para-hydroxylation sites is 1. The standard InChI is InChI=1S/C17H17N3O2/c21-17(14-11-22-15-4-2-1-3-13(14)15)20-9-5-12(6-10-20)16-18-7-8-19-16/h1-4,7-8,11-12H,5-6,9-10H2,(H,18,19). The summed E-state index contributed by atoms with van der Waals surface area (Å²) < 4.78 is 5.48. The van der Waals surface area contributed by atoms with E-state index in [1.54, 1.807) is 12.5 Å². The van der Waals surface area contributed by atoms with Crippen LogP contribution in [0.5, 0.6) is 0 Å². The Morgan fingerprint density at radius 3 is 2.86 bits per heavy atom. The van der Waals surface area contributed by atoms with E-state index < -0.39 is 0 Å². The number of H-pyrrole nitrogens is 1. The first-order valence-electron chi connectivity index (χ1n) is 7.58. The van der Waals surface area contributed by atoms with Crippen LogP contribution < -0.4 is 0 Å². The Morgan fingerprint density at radius 1 is 1.27 bits per heavy atom. The lowest BCUT2D eigenvalue weighted by Gasteiger charge is -2.31. The zero-order valence-corrected chi connectivity index (χ0v) is 12.2. The Hall–Kier alpha value is -2.56. The van der Waals surface area contributed by atoms with Crippen LogP contribution in [0.4, 0.5) is 0 Å². The third-order valence-electron chi connectivity index (χ3n) is 4.40. The second-order valence-electron chi connectivity index (χ2n) is 5.69. The van der Waals surface area contributed by atoms with Crippen LogP contribution in [-0.2, 0) is 0 Å². The topological polar surface area (TPSA) is 62.1 Å². The van der Waals surface area contributed by atoms with E-state index >= 15 is 0 Å². The maximum Gasteiger partial charge on any atom is 0.257 e. The molecule has 0 atom stereocenters. The highest BCUT2D eigenvalue weighted by atomic mass is 16.3. The van der Waals surface area contributed by atoms with Gasteiger partial charge < -0.3 is 14.3 Å². The average molecular weight is 295 g/mol. The molecule has 0 spiro atoms. The van der Waals surface area contributed by atoms with Gasteiger partial charge in [-0.05, 0) is 18.9 Å². The second kappa shape index (κ2) is 5.33. The maximum atomic E-state index is 12.7. The summed E-state index contributed by atoms with van der Waals surface area (Å²) in [4.78, 5) is 22.1. The van der Waals surface area contributed by atoms with Gasteiger partial charge in [0.2, 0.25) is 0 Å². The SMILES string of the molecule is O=C(c1coc2ccccc12)N1CCC(c2ncc[nH]2)CC1. The second-order valence-corrected chi connectivity index (χ2v) is 5.69. The van der Waals surface area contributed by atoms with Crippen LogP contribution in [0.2, 0.25) is 0 Å². The molecule has 3 aromatic rings. The minimum atomic E-state index is 0.0582. The number of nitrogens with zero attached hydrogens (tertiary/aromatic N) is 2. The van der Waals surface area contributed by atoms with Crippen molar-refractivity contribution in [2.45, 2.75) is 18.8 Å². The monoisotopic (exact) mass is 295 g/mol. The van der Waals surface area contributed by atoms with Gasteiger partial charge in [-0.3, -0.25) is 4.79 Å². The number of carbonyl (C=O) groups is 1. The number of piperidine rings is 1. The van der Waals surface area contributed by atoms with Gasteiger partial charge in [-0.15, -0.1) is 0 Å². The number of likely N-dealkylation sites (tertiary alicyclic amines) is 1. The Kier molecular flexibility index (Phi) is 3.18. The number of benzene rings is 1. The number of furan rings is 1. The molecule has 1 aliphatic rings. The van der Waals surface area contributed by atoms with Crippen molar-refractivity contribution in [3.8, 4) is 0 Å². The minimum Gasteiger partial charge on any atom is -0.463 e. The van der Waals surface area contributed by atoms with E-state index in [-0.39, 0.29) is 5.91 Å². The number of imidazole rings is 1. The molecule has 1 saturated heterocycles. The average Bonchev–Trinajstić information content (AvgIpc) is 3.24. The summed E-state index contributed by atoms with van der Waals surface area (Å²) in [7, 11) is 0. The Balaban J connectivity index is 1.50. The van der Waals surface area contributed by atoms with Crippen molar-refractivity contribution in [1.82, 2.24) is 14.9 Å². The molecule has 22 heavy (non-hydrogen) atoms. The molecule has 1 N–H and O–H groups in total.